The van der Waals surface area contributed by atoms with Crippen LogP contribution in [-0.2, 0) is 6.54 Å². The first-order valence-corrected chi connectivity index (χ1v) is 9.20. The summed E-state index contributed by atoms with van der Waals surface area (Å²) in [7, 11) is 0. The molecule has 1 aliphatic rings. The van der Waals surface area contributed by atoms with Gasteiger partial charge in [-0.15, -0.1) is 0 Å². The molecule has 3 aromatic rings. The molecule has 2 heterocycles. The first-order valence-electron chi connectivity index (χ1n) is 9.20. The number of aliphatic imine (C=N–C) groups is 1. The molecular weight excluding hydrogens is 357 g/mol. The van der Waals surface area contributed by atoms with Crippen LogP contribution in [0.25, 0.3) is 5.69 Å². The van der Waals surface area contributed by atoms with Crippen molar-refractivity contribution in [3.8, 4) is 5.69 Å². The smallest absolute Gasteiger partial charge is 0.191 e. The Labute approximate surface area is 162 Å². The molecule has 2 N–H and O–H groups in total. The fraction of sp³-hybridized carbons (Fsp3) is 0.250. The van der Waals surface area contributed by atoms with Crippen LogP contribution in [0.5, 0.6) is 0 Å². The zero-order valence-electron chi connectivity index (χ0n) is 15.4. The fourth-order valence-corrected chi connectivity index (χ4v) is 3.26. The molecule has 144 valence electrons. The van der Waals surface area contributed by atoms with E-state index in [1.54, 1.807) is 16.8 Å². The van der Waals surface area contributed by atoms with Crippen LogP contribution in [0.3, 0.4) is 0 Å². The third-order valence-electron chi connectivity index (χ3n) is 4.80. The third-order valence-corrected chi connectivity index (χ3v) is 4.80. The highest BCUT2D eigenvalue weighted by Crippen LogP contribution is 2.17. The van der Waals surface area contributed by atoms with E-state index in [2.05, 4.69) is 24.9 Å². The minimum atomic E-state index is -0.220. The molecule has 0 saturated carbocycles. The van der Waals surface area contributed by atoms with Crippen molar-refractivity contribution >= 4 is 11.6 Å². The standard InChI is InChI=1S/C20H22FN7/c21-16-6-8-17(9-7-16)26-10-12-27(13-11-26)20(22)23-14-19-24-15-25-28(19)18-4-2-1-3-5-18/h1-9,15H,10-14H2,(H2,22,23). The first kappa shape index (κ1) is 18.0. The second kappa shape index (κ2) is 8.08. The van der Waals surface area contributed by atoms with Gasteiger partial charge in [-0.25, -0.2) is 19.0 Å². The highest BCUT2D eigenvalue weighted by atomic mass is 19.1. The van der Waals surface area contributed by atoms with Crippen LogP contribution in [0, 0.1) is 5.82 Å². The number of guanidine groups is 1. The van der Waals surface area contributed by atoms with Crippen molar-refractivity contribution in [2.75, 3.05) is 31.1 Å². The monoisotopic (exact) mass is 379 g/mol. The number of rotatable bonds is 4. The molecule has 2 aromatic carbocycles. The molecule has 4 rings (SSSR count). The Morgan fingerprint density at radius 1 is 0.964 bits per heavy atom. The van der Waals surface area contributed by atoms with Crippen LogP contribution in [0.4, 0.5) is 10.1 Å². The molecule has 0 unspecified atom stereocenters. The largest absolute Gasteiger partial charge is 0.370 e. The number of hydrogen-bond acceptors (Lipinski definition) is 4. The molecule has 0 aliphatic carbocycles. The zero-order chi connectivity index (χ0) is 19.3. The number of anilines is 1. The van der Waals surface area contributed by atoms with E-state index in [1.165, 1.54) is 18.5 Å². The van der Waals surface area contributed by atoms with E-state index in [0.717, 1.165) is 43.4 Å². The van der Waals surface area contributed by atoms with Crippen LogP contribution < -0.4 is 10.6 Å². The Kier molecular flexibility index (Phi) is 5.18. The van der Waals surface area contributed by atoms with E-state index < -0.39 is 0 Å². The van der Waals surface area contributed by atoms with Gasteiger partial charge < -0.3 is 15.5 Å². The fourth-order valence-electron chi connectivity index (χ4n) is 3.26. The Morgan fingerprint density at radius 3 is 2.39 bits per heavy atom. The summed E-state index contributed by atoms with van der Waals surface area (Å²) in [5.41, 5.74) is 8.17. The molecule has 0 amide bonds. The van der Waals surface area contributed by atoms with Gasteiger partial charge in [0.15, 0.2) is 11.8 Å². The van der Waals surface area contributed by atoms with E-state index in [4.69, 9.17) is 5.73 Å². The van der Waals surface area contributed by atoms with Crippen molar-refractivity contribution in [1.82, 2.24) is 19.7 Å². The molecule has 0 bridgehead atoms. The van der Waals surface area contributed by atoms with Gasteiger partial charge in [-0.2, -0.15) is 5.10 Å². The van der Waals surface area contributed by atoms with Gasteiger partial charge in [0.2, 0.25) is 0 Å². The van der Waals surface area contributed by atoms with Crippen molar-refractivity contribution in [1.29, 1.82) is 0 Å². The maximum absolute atomic E-state index is 13.1. The summed E-state index contributed by atoms with van der Waals surface area (Å²) in [4.78, 5) is 13.1. The van der Waals surface area contributed by atoms with E-state index >= 15 is 0 Å². The van der Waals surface area contributed by atoms with Crippen molar-refractivity contribution in [2.24, 2.45) is 10.7 Å². The quantitative estimate of drug-likeness (QED) is 0.555. The molecule has 1 fully saturated rings. The summed E-state index contributed by atoms with van der Waals surface area (Å²) >= 11 is 0. The molecule has 28 heavy (non-hydrogen) atoms. The number of aromatic nitrogens is 3. The lowest BCUT2D eigenvalue weighted by Gasteiger charge is -2.36. The second-order valence-corrected chi connectivity index (χ2v) is 6.55. The number of piperazine rings is 1. The summed E-state index contributed by atoms with van der Waals surface area (Å²) < 4.78 is 14.9. The van der Waals surface area contributed by atoms with Gasteiger partial charge in [-0.3, -0.25) is 0 Å². The van der Waals surface area contributed by atoms with Gasteiger partial charge in [0, 0.05) is 31.9 Å². The molecule has 0 spiro atoms. The molecule has 8 heteroatoms. The van der Waals surface area contributed by atoms with E-state index in [9.17, 15) is 4.39 Å². The number of halogens is 1. The summed E-state index contributed by atoms with van der Waals surface area (Å²) in [6, 6.07) is 16.4. The van der Waals surface area contributed by atoms with Crippen molar-refractivity contribution in [3.63, 3.8) is 0 Å². The predicted octanol–water partition coefficient (Wildman–Crippen LogP) is 2.04. The van der Waals surface area contributed by atoms with Crippen LogP contribution in [0.15, 0.2) is 65.9 Å². The van der Waals surface area contributed by atoms with Crippen LogP contribution in [0.1, 0.15) is 5.82 Å². The molecule has 0 radical (unpaired) electrons. The normalized spacial score (nSPS) is 15.1. The summed E-state index contributed by atoms with van der Waals surface area (Å²) in [5, 5.41) is 4.28. The van der Waals surface area contributed by atoms with Crippen molar-refractivity contribution in [3.05, 3.63) is 72.6 Å². The number of benzene rings is 2. The lowest BCUT2D eigenvalue weighted by Crippen LogP contribution is -2.51. The summed E-state index contributed by atoms with van der Waals surface area (Å²) in [6.07, 6.45) is 1.52. The highest BCUT2D eigenvalue weighted by Gasteiger charge is 2.18. The Morgan fingerprint density at radius 2 is 1.68 bits per heavy atom. The topological polar surface area (TPSA) is 75.6 Å². The lowest BCUT2D eigenvalue weighted by molar-refractivity contribution is 0.380. The maximum Gasteiger partial charge on any atom is 0.191 e. The first-order chi connectivity index (χ1) is 13.7. The number of nitrogens with zero attached hydrogens (tertiary/aromatic N) is 6. The maximum atomic E-state index is 13.1. The Bertz CT molecular complexity index is 929. The lowest BCUT2D eigenvalue weighted by atomic mass is 10.2. The Hall–Kier alpha value is -3.42. The summed E-state index contributed by atoms with van der Waals surface area (Å²) in [6.45, 7) is 3.50. The minimum Gasteiger partial charge on any atom is -0.370 e. The van der Waals surface area contributed by atoms with E-state index in [1.807, 2.05) is 30.3 Å². The average Bonchev–Trinajstić information content (AvgIpc) is 3.22. The van der Waals surface area contributed by atoms with Gasteiger partial charge in [0.25, 0.3) is 0 Å². The van der Waals surface area contributed by atoms with Crippen LogP contribution in [0.2, 0.25) is 0 Å². The van der Waals surface area contributed by atoms with Gasteiger partial charge in [0.1, 0.15) is 18.7 Å². The highest BCUT2D eigenvalue weighted by molar-refractivity contribution is 5.78. The molecule has 1 saturated heterocycles. The van der Waals surface area contributed by atoms with Gasteiger partial charge in [-0.05, 0) is 36.4 Å². The van der Waals surface area contributed by atoms with Gasteiger partial charge >= 0.3 is 0 Å². The van der Waals surface area contributed by atoms with Crippen LogP contribution >= 0.6 is 0 Å². The predicted molar refractivity (Wildman–Crippen MR) is 107 cm³/mol. The van der Waals surface area contributed by atoms with E-state index in [-0.39, 0.29) is 5.82 Å². The molecule has 1 aromatic heterocycles. The average molecular weight is 379 g/mol. The van der Waals surface area contributed by atoms with Gasteiger partial charge in [0.05, 0.1) is 5.69 Å². The minimum absolute atomic E-state index is 0.220. The molecular formula is C20H22FN7. The van der Waals surface area contributed by atoms with Gasteiger partial charge in [-0.1, -0.05) is 18.2 Å². The van der Waals surface area contributed by atoms with Crippen LogP contribution in [-0.4, -0.2) is 51.8 Å². The summed E-state index contributed by atoms with van der Waals surface area (Å²) in [5.74, 6) is 1.02. The zero-order valence-corrected chi connectivity index (χ0v) is 15.4. The number of hydrogen-bond donors (Lipinski definition) is 1. The van der Waals surface area contributed by atoms with Crippen molar-refractivity contribution < 1.29 is 4.39 Å². The molecule has 7 nitrogen and oxygen atoms in total. The molecule has 0 atom stereocenters. The molecule has 1 aliphatic heterocycles. The van der Waals surface area contributed by atoms with E-state index in [0.29, 0.717) is 12.5 Å². The number of para-hydroxylation sites is 1. The SMILES string of the molecule is NC(=NCc1ncnn1-c1ccccc1)N1CCN(c2ccc(F)cc2)CC1. The number of nitrogens with two attached hydrogens (primary N) is 1. The van der Waals surface area contributed by atoms with Crippen molar-refractivity contribution in [2.45, 2.75) is 6.54 Å². The Balaban J connectivity index is 1.37. The third kappa shape index (κ3) is 3.95. The second-order valence-electron chi connectivity index (χ2n) is 6.55.